The van der Waals surface area contributed by atoms with Crippen molar-refractivity contribution in [2.75, 3.05) is 23.4 Å². The Kier molecular flexibility index (Phi) is 3.91. The number of benzene rings is 1. The highest BCUT2D eigenvalue weighted by Crippen LogP contribution is 2.39. The molecule has 2 nitrogen and oxygen atoms in total. The summed E-state index contributed by atoms with van der Waals surface area (Å²) in [5.74, 6) is 1.10. The summed E-state index contributed by atoms with van der Waals surface area (Å²) >= 11 is 1.90. The van der Waals surface area contributed by atoms with Crippen molar-refractivity contribution in [2.45, 2.75) is 37.8 Å². The molecule has 0 aliphatic carbocycles. The van der Waals surface area contributed by atoms with Crippen LogP contribution in [0, 0.1) is 18.6 Å². The van der Waals surface area contributed by atoms with Gasteiger partial charge in [0.05, 0.1) is 5.60 Å². The molecule has 1 N–H and O–H groups in total. The second-order valence-corrected chi connectivity index (χ2v) is 6.83. The molecule has 20 heavy (non-hydrogen) atoms. The normalized spacial score (nSPS) is 29.9. The topological polar surface area (TPSA) is 21.3 Å². The lowest BCUT2D eigenvalue weighted by Crippen LogP contribution is -2.44. The smallest absolute Gasteiger partial charge is 0.152 e. The first-order valence-corrected chi connectivity index (χ1v) is 8.18. The van der Waals surface area contributed by atoms with Gasteiger partial charge in [0, 0.05) is 18.4 Å². The molecule has 2 fully saturated rings. The molecule has 3 rings (SSSR count). The van der Waals surface area contributed by atoms with Crippen LogP contribution in [-0.4, -0.2) is 29.8 Å². The molecule has 0 radical (unpaired) electrons. The Balaban J connectivity index is 1.76. The molecule has 1 aromatic rings. The van der Waals surface area contributed by atoms with Crippen molar-refractivity contribution in [1.29, 1.82) is 0 Å². The average Bonchev–Trinajstić information content (AvgIpc) is 2.87. The summed E-state index contributed by atoms with van der Waals surface area (Å²) in [5.41, 5.74) is 0.391. The molecule has 2 aliphatic heterocycles. The molecule has 2 aliphatic rings. The van der Waals surface area contributed by atoms with E-state index in [4.69, 9.17) is 4.74 Å². The molecular weight excluding hydrogens is 280 g/mol. The van der Waals surface area contributed by atoms with Crippen LogP contribution in [0.25, 0.3) is 0 Å². The minimum absolute atomic E-state index is 0.0118. The zero-order valence-corrected chi connectivity index (χ0v) is 12.4. The molecule has 0 aromatic heterocycles. The van der Waals surface area contributed by atoms with Gasteiger partial charge >= 0.3 is 0 Å². The highest BCUT2D eigenvalue weighted by Gasteiger charge is 2.40. The first-order valence-electron chi connectivity index (χ1n) is 7.02. The van der Waals surface area contributed by atoms with E-state index in [-0.39, 0.29) is 17.3 Å². The lowest BCUT2D eigenvalue weighted by molar-refractivity contribution is -0.0628. The van der Waals surface area contributed by atoms with E-state index in [1.807, 2.05) is 11.8 Å². The number of thioether (sulfide) groups is 1. The molecule has 1 aromatic carbocycles. The number of nitrogens with one attached hydrogen (secondary N) is 1. The van der Waals surface area contributed by atoms with E-state index in [2.05, 4.69) is 5.32 Å². The van der Waals surface area contributed by atoms with Crippen LogP contribution in [0.15, 0.2) is 12.1 Å². The molecular formula is C15H19F2NOS. The third kappa shape index (κ3) is 2.66. The fourth-order valence-corrected chi connectivity index (χ4v) is 4.39. The Hall–Kier alpha value is -0.810. The Morgan fingerprint density at radius 1 is 1.40 bits per heavy atom. The van der Waals surface area contributed by atoms with Crippen LogP contribution in [-0.2, 0) is 4.74 Å². The third-order valence-electron chi connectivity index (χ3n) is 4.19. The second-order valence-electron chi connectivity index (χ2n) is 5.72. The predicted octanol–water partition coefficient (Wildman–Crippen LogP) is 3.74. The van der Waals surface area contributed by atoms with E-state index in [0.29, 0.717) is 12.2 Å². The number of hydrogen-bond acceptors (Lipinski definition) is 3. The van der Waals surface area contributed by atoms with Gasteiger partial charge in [-0.1, -0.05) is 6.07 Å². The zero-order valence-electron chi connectivity index (χ0n) is 11.5. The van der Waals surface area contributed by atoms with Crippen LogP contribution in [0.2, 0.25) is 0 Å². The summed E-state index contributed by atoms with van der Waals surface area (Å²) in [6, 6.07) is 2.86. The van der Waals surface area contributed by atoms with E-state index >= 15 is 0 Å². The summed E-state index contributed by atoms with van der Waals surface area (Å²) in [5, 5.41) is 3.07. The standard InChI is InChI=1S/C15H19F2NOS/c1-10-2-3-12(16)14(13(10)17)18-11-4-6-19-15(8-11)5-7-20-9-15/h2-3,11,18H,4-9H2,1H3. The van der Waals surface area contributed by atoms with Gasteiger partial charge in [0.1, 0.15) is 11.5 Å². The van der Waals surface area contributed by atoms with Crippen molar-refractivity contribution in [3.8, 4) is 0 Å². The molecule has 110 valence electrons. The van der Waals surface area contributed by atoms with Gasteiger partial charge in [-0.15, -0.1) is 0 Å². The van der Waals surface area contributed by atoms with Crippen LogP contribution in [0.4, 0.5) is 14.5 Å². The first-order chi connectivity index (χ1) is 9.60. The molecule has 2 unspecified atom stereocenters. The van der Waals surface area contributed by atoms with Crippen molar-refractivity contribution < 1.29 is 13.5 Å². The maximum absolute atomic E-state index is 14.0. The van der Waals surface area contributed by atoms with Gasteiger partial charge in [-0.05, 0) is 43.6 Å². The molecule has 0 amide bonds. The monoisotopic (exact) mass is 299 g/mol. The Morgan fingerprint density at radius 3 is 3.00 bits per heavy atom. The van der Waals surface area contributed by atoms with Crippen molar-refractivity contribution >= 4 is 17.4 Å². The van der Waals surface area contributed by atoms with E-state index in [9.17, 15) is 8.78 Å². The Morgan fingerprint density at radius 2 is 2.25 bits per heavy atom. The van der Waals surface area contributed by atoms with Crippen molar-refractivity contribution in [3.63, 3.8) is 0 Å². The molecule has 0 saturated carbocycles. The summed E-state index contributed by atoms with van der Waals surface area (Å²) in [4.78, 5) is 0. The molecule has 5 heteroatoms. The maximum atomic E-state index is 14.0. The van der Waals surface area contributed by atoms with Crippen molar-refractivity contribution in [2.24, 2.45) is 0 Å². The fourth-order valence-electron chi connectivity index (χ4n) is 3.01. The van der Waals surface area contributed by atoms with E-state index in [0.717, 1.165) is 30.8 Å². The highest BCUT2D eigenvalue weighted by atomic mass is 32.2. The van der Waals surface area contributed by atoms with Gasteiger partial charge in [0.15, 0.2) is 5.82 Å². The number of aryl methyl sites for hydroxylation is 1. The minimum Gasteiger partial charge on any atom is -0.377 e. The van der Waals surface area contributed by atoms with Gasteiger partial charge in [0.2, 0.25) is 0 Å². The maximum Gasteiger partial charge on any atom is 0.152 e. The quantitative estimate of drug-likeness (QED) is 0.899. The van der Waals surface area contributed by atoms with Crippen LogP contribution < -0.4 is 5.32 Å². The fraction of sp³-hybridized carbons (Fsp3) is 0.600. The number of rotatable bonds is 2. The van der Waals surface area contributed by atoms with Gasteiger partial charge < -0.3 is 10.1 Å². The lowest BCUT2D eigenvalue weighted by Gasteiger charge is -2.38. The summed E-state index contributed by atoms with van der Waals surface area (Å²) < 4.78 is 33.8. The predicted molar refractivity (Wildman–Crippen MR) is 78.4 cm³/mol. The number of ether oxygens (including phenoxy) is 1. The molecule has 1 spiro atoms. The van der Waals surface area contributed by atoms with Crippen LogP contribution in [0.1, 0.15) is 24.8 Å². The number of anilines is 1. The summed E-state index contributed by atoms with van der Waals surface area (Å²) in [6.07, 6.45) is 2.65. The van der Waals surface area contributed by atoms with Gasteiger partial charge in [-0.25, -0.2) is 8.78 Å². The third-order valence-corrected chi connectivity index (χ3v) is 5.42. The second kappa shape index (κ2) is 5.53. The van der Waals surface area contributed by atoms with Crippen molar-refractivity contribution in [1.82, 2.24) is 0 Å². The Bertz CT molecular complexity index is 503. The molecule has 2 heterocycles. The van der Waals surface area contributed by atoms with Crippen LogP contribution >= 0.6 is 11.8 Å². The van der Waals surface area contributed by atoms with Gasteiger partial charge in [-0.2, -0.15) is 11.8 Å². The SMILES string of the molecule is Cc1ccc(F)c(NC2CCOC3(CCSC3)C2)c1F. The summed E-state index contributed by atoms with van der Waals surface area (Å²) in [6.45, 7) is 2.31. The summed E-state index contributed by atoms with van der Waals surface area (Å²) in [7, 11) is 0. The number of halogens is 2. The minimum atomic E-state index is -0.519. The van der Waals surface area contributed by atoms with Crippen LogP contribution in [0.5, 0.6) is 0 Å². The number of hydrogen-bond donors (Lipinski definition) is 1. The average molecular weight is 299 g/mol. The molecule has 2 atom stereocenters. The molecule has 2 saturated heterocycles. The van der Waals surface area contributed by atoms with E-state index in [1.54, 1.807) is 6.92 Å². The van der Waals surface area contributed by atoms with E-state index in [1.165, 1.54) is 12.1 Å². The van der Waals surface area contributed by atoms with E-state index < -0.39 is 11.6 Å². The van der Waals surface area contributed by atoms with Crippen LogP contribution in [0.3, 0.4) is 0 Å². The highest BCUT2D eigenvalue weighted by molar-refractivity contribution is 7.99. The Labute approximate surface area is 122 Å². The first kappa shape index (κ1) is 14.1. The van der Waals surface area contributed by atoms with Gasteiger partial charge in [0.25, 0.3) is 0 Å². The largest absolute Gasteiger partial charge is 0.377 e. The molecule has 0 bridgehead atoms. The van der Waals surface area contributed by atoms with Crippen molar-refractivity contribution in [3.05, 3.63) is 29.3 Å². The lowest BCUT2D eigenvalue weighted by atomic mass is 9.89. The zero-order chi connectivity index (χ0) is 14.2. The van der Waals surface area contributed by atoms with Gasteiger partial charge in [-0.3, -0.25) is 0 Å².